The first kappa shape index (κ1) is 15.7. The van der Waals surface area contributed by atoms with Crippen LogP contribution in [0.15, 0.2) is 51.6 Å². The molecule has 0 unspecified atom stereocenters. The van der Waals surface area contributed by atoms with Gasteiger partial charge in [0.05, 0.1) is 6.10 Å². The molecular formula is C17H22INO. The molecule has 108 valence electrons. The van der Waals surface area contributed by atoms with Crippen LogP contribution in [0.25, 0.3) is 0 Å². The van der Waals surface area contributed by atoms with Crippen LogP contribution in [0.1, 0.15) is 25.0 Å². The van der Waals surface area contributed by atoms with Gasteiger partial charge in [0.2, 0.25) is 0 Å². The summed E-state index contributed by atoms with van der Waals surface area (Å²) < 4.78 is 7.12. The standard InChI is InChI=1S/C17H22INO/c1-13(17(20-3)14-8-5-4-6-9-14)19(2)12-15-10-7-11-16(15)18/h4-6,8-11,13,17H,7,12H2,1-3H3/t13-,17-/m0/s1. The van der Waals surface area contributed by atoms with Crippen LogP contribution in [0.2, 0.25) is 0 Å². The van der Waals surface area contributed by atoms with Crippen LogP contribution in [0, 0.1) is 0 Å². The number of benzene rings is 1. The van der Waals surface area contributed by atoms with Crippen LogP contribution in [0.3, 0.4) is 0 Å². The lowest BCUT2D eigenvalue weighted by atomic mass is 10.0. The van der Waals surface area contributed by atoms with Crippen molar-refractivity contribution >= 4 is 22.6 Å². The topological polar surface area (TPSA) is 12.5 Å². The molecule has 0 amide bonds. The average Bonchev–Trinajstić information content (AvgIpc) is 2.86. The quantitative estimate of drug-likeness (QED) is 0.678. The van der Waals surface area contributed by atoms with Crippen molar-refractivity contribution in [2.75, 3.05) is 20.7 Å². The van der Waals surface area contributed by atoms with E-state index in [4.69, 9.17) is 4.74 Å². The lowest BCUT2D eigenvalue weighted by Crippen LogP contribution is -2.36. The predicted octanol–water partition coefficient (Wildman–Crippen LogP) is 4.34. The second kappa shape index (κ2) is 7.38. The number of halogens is 1. The zero-order valence-electron chi connectivity index (χ0n) is 12.3. The van der Waals surface area contributed by atoms with E-state index in [1.54, 1.807) is 7.11 Å². The zero-order valence-corrected chi connectivity index (χ0v) is 14.5. The van der Waals surface area contributed by atoms with Crippen LogP contribution >= 0.6 is 22.6 Å². The molecule has 1 aliphatic rings. The van der Waals surface area contributed by atoms with Crippen LogP contribution < -0.4 is 0 Å². The van der Waals surface area contributed by atoms with E-state index in [2.05, 4.69) is 77.9 Å². The Labute approximate surface area is 135 Å². The van der Waals surface area contributed by atoms with Crippen LogP contribution in [0.5, 0.6) is 0 Å². The molecule has 1 aliphatic carbocycles. The van der Waals surface area contributed by atoms with E-state index in [0.29, 0.717) is 6.04 Å². The second-order valence-electron chi connectivity index (χ2n) is 5.24. The first-order valence-electron chi connectivity index (χ1n) is 6.96. The molecule has 0 saturated carbocycles. The molecule has 2 nitrogen and oxygen atoms in total. The monoisotopic (exact) mass is 383 g/mol. The van der Waals surface area contributed by atoms with Gasteiger partial charge in [0, 0.05) is 23.3 Å². The highest BCUT2D eigenvalue weighted by atomic mass is 127. The van der Waals surface area contributed by atoms with E-state index in [-0.39, 0.29) is 6.10 Å². The summed E-state index contributed by atoms with van der Waals surface area (Å²) in [4.78, 5) is 2.37. The minimum Gasteiger partial charge on any atom is -0.375 e. The highest BCUT2D eigenvalue weighted by Gasteiger charge is 2.23. The maximum atomic E-state index is 5.73. The highest BCUT2D eigenvalue weighted by Crippen LogP contribution is 2.28. The van der Waals surface area contributed by atoms with Gasteiger partial charge in [0.15, 0.2) is 0 Å². The van der Waals surface area contributed by atoms with Gasteiger partial charge in [-0.05, 0) is 54.1 Å². The van der Waals surface area contributed by atoms with Gasteiger partial charge in [0.25, 0.3) is 0 Å². The third-order valence-corrected chi connectivity index (χ3v) is 5.04. The van der Waals surface area contributed by atoms with E-state index >= 15 is 0 Å². The predicted molar refractivity (Wildman–Crippen MR) is 93.1 cm³/mol. The summed E-state index contributed by atoms with van der Waals surface area (Å²) in [5, 5.41) is 0. The summed E-state index contributed by atoms with van der Waals surface area (Å²) >= 11 is 2.42. The molecule has 0 aromatic heterocycles. The molecule has 1 aromatic rings. The van der Waals surface area contributed by atoms with Crippen molar-refractivity contribution < 1.29 is 4.74 Å². The van der Waals surface area contributed by atoms with Crippen molar-refractivity contribution in [2.45, 2.75) is 25.5 Å². The Hall–Kier alpha value is -0.650. The largest absolute Gasteiger partial charge is 0.375 e. The lowest BCUT2D eigenvalue weighted by molar-refractivity contribution is 0.0334. The number of nitrogens with zero attached hydrogens (tertiary/aromatic N) is 1. The molecule has 2 rings (SSSR count). The Morgan fingerprint density at radius 3 is 2.50 bits per heavy atom. The van der Waals surface area contributed by atoms with Gasteiger partial charge in [-0.2, -0.15) is 0 Å². The summed E-state index contributed by atoms with van der Waals surface area (Å²) in [7, 11) is 3.96. The molecule has 1 aromatic carbocycles. The van der Waals surface area contributed by atoms with E-state index in [1.165, 1.54) is 14.7 Å². The molecule has 0 saturated heterocycles. The molecule has 20 heavy (non-hydrogen) atoms. The Morgan fingerprint density at radius 2 is 1.95 bits per heavy atom. The Morgan fingerprint density at radius 1 is 1.25 bits per heavy atom. The van der Waals surface area contributed by atoms with Gasteiger partial charge in [-0.1, -0.05) is 42.5 Å². The minimum atomic E-state index is 0.102. The van der Waals surface area contributed by atoms with E-state index in [9.17, 15) is 0 Å². The number of methoxy groups -OCH3 is 1. The van der Waals surface area contributed by atoms with Crippen molar-refractivity contribution in [2.24, 2.45) is 0 Å². The summed E-state index contributed by atoms with van der Waals surface area (Å²) in [6, 6.07) is 10.8. The second-order valence-corrected chi connectivity index (χ2v) is 6.40. The van der Waals surface area contributed by atoms with Crippen molar-refractivity contribution in [1.82, 2.24) is 4.90 Å². The van der Waals surface area contributed by atoms with Crippen LogP contribution in [-0.4, -0.2) is 31.6 Å². The minimum absolute atomic E-state index is 0.102. The molecule has 0 spiro atoms. The van der Waals surface area contributed by atoms with Crippen molar-refractivity contribution in [3.05, 3.63) is 57.2 Å². The average molecular weight is 383 g/mol. The maximum Gasteiger partial charge on any atom is 0.0973 e. The number of hydrogen-bond acceptors (Lipinski definition) is 2. The highest BCUT2D eigenvalue weighted by molar-refractivity contribution is 14.1. The Bertz CT molecular complexity index is 495. The van der Waals surface area contributed by atoms with Crippen molar-refractivity contribution in [3.63, 3.8) is 0 Å². The van der Waals surface area contributed by atoms with E-state index < -0.39 is 0 Å². The Balaban J connectivity index is 2.05. The number of hydrogen-bond donors (Lipinski definition) is 0. The molecular weight excluding hydrogens is 361 g/mol. The van der Waals surface area contributed by atoms with E-state index in [0.717, 1.165) is 13.0 Å². The molecule has 0 radical (unpaired) electrons. The van der Waals surface area contributed by atoms with Crippen LogP contribution in [0.4, 0.5) is 0 Å². The van der Waals surface area contributed by atoms with Gasteiger partial charge in [-0.15, -0.1) is 0 Å². The first-order chi connectivity index (χ1) is 9.63. The summed E-state index contributed by atoms with van der Waals surface area (Å²) in [6.45, 7) is 3.20. The summed E-state index contributed by atoms with van der Waals surface area (Å²) in [5.74, 6) is 0. The number of likely N-dealkylation sites (N-methyl/N-ethyl adjacent to an activating group) is 1. The lowest BCUT2D eigenvalue weighted by Gasteiger charge is -2.31. The van der Waals surface area contributed by atoms with Crippen molar-refractivity contribution in [3.8, 4) is 0 Å². The molecule has 0 N–H and O–H groups in total. The summed E-state index contributed by atoms with van der Waals surface area (Å²) in [5.41, 5.74) is 2.67. The molecule has 0 bridgehead atoms. The van der Waals surface area contributed by atoms with Gasteiger partial charge in [-0.3, -0.25) is 4.90 Å². The fourth-order valence-electron chi connectivity index (χ4n) is 2.57. The van der Waals surface area contributed by atoms with E-state index in [1.807, 2.05) is 6.07 Å². The number of allylic oxidation sites excluding steroid dienone is 2. The molecule has 2 atom stereocenters. The molecule has 0 aliphatic heterocycles. The Kier molecular flexibility index (Phi) is 5.81. The fraction of sp³-hybridized carbons (Fsp3) is 0.412. The normalized spacial score (nSPS) is 17.9. The summed E-state index contributed by atoms with van der Waals surface area (Å²) in [6.07, 6.45) is 5.77. The third kappa shape index (κ3) is 3.71. The van der Waals surface area contributed by atoms with Crippen molar-refractivity contribution in [1.29, 1.82) is 0 Å². The maximum absolute atomic E-state index is 5.73. The van der Waals surface area contributed by atoms with Gasteiger partial charge in [0.1, 0.15) is 0 Å². The molecule has 0 fully saturated rings. The third-order valence-electron chi connectivity index (χ3n) is 3.90. The number of ether oxygens (including phenoxy) is 1. The molecule has 0 heterocycles. The van der Waals surface area contributed by atoms with Gasteiger partial charge in [-0.25, -0.2) is 0 Å². The van der Waals surface area contributed by atoms with Crippen LogP contribution in [-0.2, 0) is 4.74 Å². The number of rotatable bonds is 6. The van der Waals surface area contributed by atoms with Gasteiger partial charge < -0.3 is 4.74 Å². The smallest absolute Gasteiger partial charge is 0.0973 e. The first-order valence-corrected chi connectivity index (χ1v) is 8.04. The molecule has 3 heteroatoms. The fourth-order valence-corrected chi connectivity index (χ4v) is 3.22. The zero-order chi connectivity index (χ0) is 14.5. The van der Waals surface area contributed by atoms with Gasteiger partial charge >= 0.3 is 0 Å². The SMILES string of the molecule is CO[C@H](c1ccccc1)[C@H](C)N(C)CC1=CCC=C1I.